The summed E-state index contributed by atoms with van der Waals surface area (Å²) in [6, 6.07) is 19.3. The van der Waals surface area contributed by atoms with Gasteiger partial charge < -0.3 is 15.2 Å². The van der Waals surface area contributed by atoms with Crippen LogP contribution >= 0.6 is 0 Å². The van der Waals surface area contributed by atoms with Crippen LogP contribution in [-0.4, -0.2) is 22.0 Å². The highest BCUT2D eigenvalue weighted by molar-refractivity contribution is 5.96. The van der Waals surface area contributed by atoms with Gasteiger partial charge in [-0.3, -0.25) is 9.59 Å². The van der Waals surface area contributed by atoms with Crippen LogP contribution in [0.2, 0.25) is 0 Å². The molecule has 0 saturated carbocycles. The summed E-state index contributed by atoms with van der Waals surface area (Å²) in [4.78, 5) is 28.8. The number of fused-ring (bicyclic) bond motifs is 2. The van der Waals surface area contributed by atoms with E-state index in [0.717, 1.165) is 21.9 Å². The van der Waals surface area contributed by atoms with Crippen molar-refractivity contribution >= 4 is 39.2 Å². The number of hydrogen-bond donors (Lipinski definition) is 2. The monoisotopic (exact) mass is 474 g/mol. The third kappa shape index (κ3) is 5.40. The van der Waals surface area contributed by atoms with Gasteiger partial charge in [-0.2, -0.15) is 0 Å². The molecule has 0 radical (unpaired) electrons. The number of carboxylic acid groups (broad SMARTS) is 1. The lowest BCUT2D eigenvalue weighted by Crippen LogP contribution is -2.34. The summed E-state index contributed by atoms with van der Waals surface area (Å²) in [7, 11) is 0. The maximum atomic E-state index is 13.4. The van der Waals surface area contributed by atoms with Crippen LogP contribution in [-0.2, 0) is 16.2 Å². The molecule has 0 fully saturated rings. The number of carbonyl (C=O) groups is 2. The van der Waals surface area contributed by atoms with Crippen LogP contribution in [0.25, 0.3) is 21.7 Å². The van der Waals surface area contributed by atoms with E-state index < -0.39 is 11.4 Å². The van der Waals surface area contributed by atoms with E-state index in [1.165, 1.54) is 12.1 Å². The van der Waals surface area contributed by atoms with Crippen molar-refractivity contribution in [3.05, 3.63) is 78.2 Å². The van der Waals surface area contributed by atoms with Crippen molar-refractivity contribution in [2.75, 3.05) is 5.32 Å². The molecule has 1 amide bonds. The van der Waals surface area contributed by atoms with Crippen LogP contribution in [0.3, 0.4) is 0 Å². The minimum Gasteiger partial charge on any atom is -0.487 e. The Hall–Kier alpha value is -4.00. The lowest BCUT2D eigenvalue weighted by molar-refractivity contribution is -0.151. The van der Waals surface area contributed by atoms with Crippen LogP contribution in [0.15, 0.2) is 66.7 Å². The quantitative estimate of drug-likeness (QED) is 0.296. The van der Waals surface area contributed by atoms with Crippen molar-refractivity contribution in [3.63, 3.8) is 0 Å². The normalized spacial score (nSPS) is 11.5. The molecule has 0 aliphatic carbocycles. The summed E-state index contributed by atoms with van der Waals surface area (Å²) >= 11 is 0. The zero-order valence-corrected chi connectivity index (χ0v) is 19.7. The molecular formula is C28H27FN2O4. The van der Waals surface area contributed by atoms with Gasteiger partial charge in [0.2, 0.25) is 5.91 Å². The predicted octanol–water partition coefficient (Wildman–Crippen LogP) is 6.33. The number of carbonyl (C=O) groups excluding carboxylic acids is 1. The van der Waals surface area contributed by atoms with Gasteiger partial charge in [0.1, 0.15) is 18.2 Å². The summed E-state index contributed by atoms with van der Waals surface area (Å²) < 4.78 is 19.3. The van der Waals surface area contributed by atoms with Crippen LogP contribution in [0.1, 0.15) is 38.8 Å². The highest BCUT2D eigenvalue weighted by Crippen LogP contribution is 2.32. The Bertz CT molecular complexity index is 1400. The van der Waals surface area contributed by atoms with E-state index in [1.54, 1.807) is 32.0 Å². The number of aromatic nitrogens is 1. The van der Waals surface area contributed by atoms with E-state index in [4.69, 9.17) is 4.74 Å². The van der Waals surface area contributed by atoms with Gasteiger partial charge >= 0.3 is 5.97 Å². The molecule has 4 aromatic rings. The number of nitrogens with one attached hydrogen (secondary N) is 1. The van der Waals surface area contributed by atoms with Gasteiger partial charge in [0.15, 0.2) is 0 Å². The van der Waals surface area contributed by atoms with Gasteiger partial charge in [0, 0.05) is 17.5 Å². The average molecular weight is 475 g/mol. The highest BCUT2D eigenvalue weighted by atomic mass is 19.1. The van der Waals surface area contributed by atoms with Gasteiger partial charge in [-0.1, -0.05) is 32.0 Å². The van der Waals surface area contributed by atoms with E-state index in [-0.39, 0.29) is 24.8 Å². The first-order valence-electron chi connectivity index (χ1n) is 11.6. The molecule has 0 atom stereocenters. The van der Waals surface area contributed by atoms with Crippen molar-refractivity contribution in [2.45, 2.75) is 39.7 Å². The Morgan fingerprint density at radius 2 is 1.69 bits per heavy atom. The van der Waals surface area contributed by atoms with Gasteiger partial charge in [0.05, 0.1) is 16.6 Å². The molecule has 0 aliphatic rings. The summed E-state index contributed by atoms with van der Waals surface area (Å²) in [6.07, 6.45) is 0.684. The van der Waals surface area contributed by atoms with Crippen molar-refractivity contribution < 1.29 is 23.8 Å². The van der Waals surface area contributed by atoms with E-state index >= 15 is 0 Å². The predicted molar refractivity (Wildman–Crippen MR) is 134 cm³/mol. The van der Waals surface area contributed by atoms with Crippen LogP contribution in [0, 0.1) is 11.2 Å². The van der Waals surface area contributed by atoms with Crippen molar-refractivity contribution in [1.29, 1.82) is 0 Å². The first-order valence-corrected chi connectivity index (χ1v) is 11.6. The maximum Gasteiger partial charge on any atom is 0.310 e. The number of benzene rings is 3. The number of hydrogen-bond acceptors (Lipinski definition) is 4. The third-order valence-corrected chi connectivity index (χ3v) is 6.50. The number of amides is 1. The zero-order chi connectivity index (χ0) is 25.0. The van der Waals surface area contributed by atoms with Gasteiger partial charge in [0.25, 0.3) is 0 Å². The molecule has 0 bridgehead atoms. The van der Waals surface area contributed by atoms with Crippen LogP contribution in [0.4, 0.5) is 10.1 Å². The van der Waals surface area contributed by atoms with E-state index in [1.807, 2.05) is 36.4 Å². The van der Waals surface area contributed by atoms with E-state index in [9.17, 15) is 19.1 Å². The fourth-order valence-corrected chi connectivity index (χ4v) is 4.16. The lowest BCUT2D eigenvalue weighted by atomic mass is 9.79. The second-order valence-electron chi connectivity index (χ2n) is 8.67. The average Bonchev–Trinajstić information content (AvgIpc) is 2.85. The number of aliphatic carboxylic acids is 1. The van der Waals surface area contributed by atoms with Crippen molar-refractivity contribution in [1.82, 2.24) is 4.98 Å². The Balaban J connectivity index is 1.46. The first-order chi connectivity index (χ1) is 16.8. The minimum atomic E-state index is -1.06. The molecule has 1 aromatic heterocycles. The molecule has 1 heterocycles. The summed E-state index contributed by atoms with van der Waals surface area (Å²) in [5, 5.41) is 15.0. The number of ether oxygens (including phenoxy) is 1. The molecular weight excluding hydrogens is 447 g/mol. The molecule has 35 heavy (non-hydrogen) atoms. The van der Waals surface area contributed by atoms with Crippen molar-refractivity contribution in [3.8, 4) is 5.75 Å². The zero-order valence-electron chi connectivity index (χ0n) is 19.7. The summed E-state index contributed by atoms with van der Waals surface area (Å²) in [5.41, 5.74) is 0.949. The van der Waals surface area contributed by atoms with Gasteiger partial charge in [-0.05, 0) is 72.1 Å². The van der Waals surface area contributed by atoms with Gasteiger partial charge in [-0.15, -0.1) is 0 Å². The number of pyridine rings is 1. The summed E-state index contributed by atoms with van der Waals surface area (Å²) in [5.74, 6) is -0.938. The van der Waals surface area contributed by atoms with Crippen molar-refractivity contribution in [2.24, 2.45) is 5.41 Å². The Labute approximate surface area is 202 Å². The molecule has 0 saturated heterocycles. The Kier molecular flexibility index (Phi) is 6.96. The number of carboxylic acids is 1. The smallest absolute Gasteiger partial charge is 0.310 e. The van der Waals surface area contributed by atoms with Crippen LogP contribution < -0.4 is 10.1 Å². The lowest BCUT2D eigenvalue weighted by Gasteiger charge is -2.25. The fraction of sp³-hybridized carbons (Fsp3) is 0.250. The topological polar surface area (TPSA) is 88.5 Å². The minimum absolute atomic E-state index is 0.0814. The number of halogens is 1. The molecule has 180 valence electrons. The van der Waals surface area contributed by atoms with E-state index in [0.29, 0.717) is 29.8 Å². The molecule has 0 spiro atoms. The Morgan fingerprint density at radius 1 is 0.943 bits per heavy atom. The number of anilines is 1. The van der Waals surface area contributed by atoms with Crippen LogP contribution in [0.5, 0.6) is 5.75 Å². The molecule has 0 aliphatic heterocycles. The second-order valence-corrected chi connectivity index (χ2v) is 8.67. The fourth-order valence-electron chi connectivity index (χ4n) is 4.16. The first kappa shape index (κ1) is 24.1. The molecule has 6 nitrogen and oxygen atoms in total. The largest absolute Gasteiger partial charge is 0.487 e. The molecule has 7 heteroatoms. The molecule has 3 aromatic carbocycles. The van der Waals surface area contributed by atoms with E-state index in [2.05, 4.69) is 10.3 Å². The molecule has 0 unspecified atom stereocenters. The maximum absolute atomic E-state index is 13.4. The van der Waals surface area contributed by atoms with Gasteiger partial charge in [-0.25, -0.2) is 9.37 Å². The Morgan fingerprint density at radius 3 is 2.43 bits per heavy atom. The molecule has 4 rings (SSSR count). The third-order valence-electron chi connectivity index (χ3n) is 6.50. The summed E-state index contributed by atoms with van der Waals surface area (Å²) in [6.45, 7) is 3.83. The second kappa shape index (κ2) is 10.1. The highest BCUT2D eigenvalue weighted by Gasteiger charge is 2.37. The SMILES string of the molecule is CCC(CC)(CC(=O)Nc1ccc2ccc(OCc3ccc4cc(F)ccc4n3)cc2c1)C(=O)O. The number of nitrogens with zero attached hydrogens (tertiary/aromatic N) is 1. The molecule has 2 N–H and O–H groups in total. The number of rotatable bonds is 9. The standard InChI is InChI=1S/C28H27FN2O4/c1-3-28(4-2,27(33)34)16-26(32)31-22-9-5-18-7-11-24(15-20(18)14-22)35-17-23-10-6-19-13-21(29)8-12-25(19)30-23/h5-15H,3-4,16-17H2,1-2H3,(H,31,32)(H,33,34).